The van der Waals surface area contributed by atoms with Crippen molar-refractivity contribution in [3.63, 3.8) is 0 Å². The van der Waals surface area contributed by atoms with Gasteiger partial charge in [-0.3, -0.25) is 0 Å². The zero-order valence-electron chi connectivity index (χ0n) is 10.4. The summed E-state index contributed by atoms with van der Waals surface area (Å²) in [5.74, 6) is 0.0507. The largest absolute Gasteiger partial charge is 0.480 e. The Hall–Kier alpha value is -1.28. The lowest BCUT2D eigenvalue weighted by Gasteiger charge is -2.21. The number of thiazole rings is 1. The van der Waals surface area contributed by atoms with Gasteiger partial charge in [-0.1, -0.05) is 6.92 Å². The van der Waals surface area contributed by atoms with Gasteiger partial charge in [0.25, 0.3) is 0 Å². The van der Waals surface area contributed by atoms with Gasteiger partial charge in [0.05, 0.1) is 10.9 Å². The topological polar surface area (TPSA) is 82.5 Å². The minimum atomic E-state index is -0.951. The molecule has 8 heteroatoms. The van der Waals surface area contributed by atoms with Crippen LogP contribution in [0.2, 0.25) is 0 Å². The van der Waals surface area contributed by atoms with E-state index in [1.807, 2.05) is 12.3 Å². The van der Waals surface area contributed by atoms with Crippen LogP contribution in [0.15, 0.2) is 11.6 Å². The summed E-state index contributed by atoms with van der Waals surface area (Å²) < 4.78 is 0. The Morgan fingerprint density at radius 2 is 2.47 bits per heavy atom. The summed E-state index contributed by atoms with van der Waals surface area (Å²) in [4.78, 5) is 28.5. The first kappa shape index (κ1) is 14.1. The number of aromatic nitrogens is 1. The number of amides is 2. The number of thioether (sulfide) groups is 1. The summed E-state index contributed by atoms with van der Waals surface area (Å²) in [6.45, 7) is 2.44. The first-order valence-electron chi connectivity index (χ1n) is 5.84. The molecule has 2 N–H and O–H groups in total. The number of aliphatic carboxylic acids is 1. The lowest BCUT2D eigenvalue weighted by atomic mass is 10.2. The number of carbonyl (C=O) groups excluding carboxylic acids is 1. The van der Waals surface area contributed by atoms with Gasteiger partial charge in [-0.25, -0.2) is 14.6 Å². The van der Waals surface area contributed by atoms with E-state index in [-0.39, 0.29) is 11.9 Å². The van der Waals surface area contributed by atoms with E-state index in [0.29, 0.717) is 18.2 Å². The molecule has 2 amide bonds. The summed E-state index contributed by atoms with van der Waals surface area (Å²) in [6.07, 6.45) is 1.73. The molecule has 2 rings (SSSR count). The number of urea groups is 1. The second kappa shape index (κ2) is 6.25. The molecule has 0 spiro atoms. The number of hydrogen-bond acceptors (Lipinski definition) is 5. The predicted octanol–water partition coefficient (Wildman–Crippen LogP) is 1.42. The van der Waals surface area contributed by atoms with Crippen molar-refractivity contribution in [2.45, 2.75) is 18.9 Å². The number of hydrogen-bond donors (Lipinski definition) is 2. The minimum Gasteiger partial charge on any atom is -0.480 e. The molecule has 2 atom stereocenters. The number of nitrogens with one attached hydrogen (secondary N) is 1. The third kappa shape index (κ3) is 3.38. The Morgan fingerprint density at radius 1 is 1.68 bits per heavy atom. The van der Waals surface area contributed by atoms with Gasteiger partial charge in [0.1, 0.15) is 6.04 Å². The average molecular weight is 301 g/mol. The van der Waals surface area contributed by atoms with Crippen LogP contribution >= 0.6 is 23.1 Å². The number of nitrogens with zero attached hydrogens (tertiary/aromatic N) is 2. The third-order valence-electron chi connectivity index (χ3n) is 2.86. The molecule has 1 fully saturated rings. The summed E-state index contributed by atoms with van der Waals surface area (Å²) in [5, 5.41) is 14.6. The molecule has 6 nitrogen and oxygen atoms in total. The van der Waals surface area contributed by atoms with Gasteiger partial charge >= 0.3 is 12.0 Å². The van der Waals surface area contributed by atoms with E-state index in [1.54, 1.807) is 17.5 Å². The van der Waals surface area contributed by atoms with E-state index in [1.165, 1.54) is 16.7 Å². The first-order chi connectivity index (χ1) is 9.09. The Balaban J connectivity index is 1.86. The van der Waals surface area contributed by atoms with Crippen LogP contribution in [0.4, 0.5) is 4.79 Å². The van der Waals surface area contributed by atoms with E-state index in [4.69, 9.17) is 5.11 Å². The lowest BCUT2D eigenvalue weighted by molar-refractivity contribution is -0.140. The number of rotatable bonds is 4. The summed E-state index contributed by atoms with van der Waals surface area (Å²) in [6, 6.07) is -1.04. The van der Waals surface area contributed by atoms with Crippen LogP contribution in [0, 0.1) is 0 Å². The molecule has 0 saturated carbocycles. The molecule has 1 saturated heterocycles. The molecule has 0 aliphatic carbocycles. The Kier molecular flexibility index (Phi) is 4.65. The van der Waals surface area contributed by atoms with Crippen LogP contribution in [0.5, 0.6) is 0 Å². The van der Waals surface area contributed by atoms with Crippen molar-refractivity contribution in [2.24, 2.45) is 0 Å². The summed E-state index contributed by atoms with van der Waals surface area (Å²) >= 11 is 3.00. The SMILES string of the molecule is CC(CNC(=O)N1CSCC1C(=O)O)c1nccs1. The number of carbonyl (C=O) groups is 2. The maximum atomic E-state index is 12.0. The van der Waals surface area contributed by atoms with Crippen LogP contribution in [0.1, 0.15) is 17.8 Å². The molecular weight excluding hydrogens is 286 g/mol. The molecule has 1 aliphatic heterocycles. The molecule has 0 bridgehead atoms. The molecule has 1 aromatic heterocycles. The van der Waals surface area contributed by atoms with Crippen molar-refractivity contribution >= 4 is 35.1 Å². The Morgan fingerprint density at radius 3 is 3.11 bits per heavy atom. The van der Waals surface area contributed by atoms with Crippen LogP contribution < -0.4 is 5.32 Å². The van der Waals surface area contributed by atoms with Crippen molar-refractivity contribution in [3.05, 3.63) is 16.6 Å². The Labute approximate surface area is 119 Å². The highest BCUT2D eigenvalue weighted by Crippen LogP contribution is 2.21. The van der Waals surface area contributed by atoms with Crippen molar-refractivity contribution < 1.29 is 14.7 Å². The van der Waals surface area contributed by atoms with E-state index in [0.717, 1.165) is 5.01 Å². The summed E-state index contributed by atoms with van der Waals surface area (Å²) in [5.41, 5.74) is 0. The molecule has 1 aromatic rings. The van der Waals surface area contributed by atoms with Gasteiger partial charge in [-0.2, -0.15) is 0 Å². The highest BCUT2D eigenvalue weighted by Gasteiger charge is 2.34. The molecule has 19 heavy (non-hydrogen) atoms. The molecule has 0 radical (unpaired) electrons. The highest BCUT2D eigenvalue weighted by atomic mass is 32.2. The fraction of sp³-hybridized carbons (Fsp3) is 0.545. The highest BCUT2D eigenvalue weighted by molar-refractivity contribution is 7.99. The van der Waals surface area contributed by atoms with E-state index in [2.05, 4.69) is 10.3 Å². The van der Waals surface area contributed by atoms with Crippen molar-refractivity contribution in [2.75, 3.05) is 18.2 Å². The second-order valence-corrected chi connectivity index (χ2v) is 6.21. The fourth-order valence-electron chi connectivity index (χ4n) is 1.75. The average Bonchev–Trinajstić information content (AvgIpc) is 3.04. The zero-order chi connectivity index (χ0) is 13.8. The monoisotopic (exact) mass is 301 g/mol. The van der Waals surface area contributed by atoms with Crippen LogP contribution in [-0.4, -0.2) is 51.2 Å². The van der Waals surface area contributed by atoms with Crippen LogP contribution in [0.25, 0.3) is 0 Å². The first-order valence-corrected chi connectivity index (χ1v) is 7.87. The van der Waals surface area contributed by atoms with Gasteiger partial charge in [0, 0.05) is 29.8 Å². The minimum absolute atomic E-state index is 0.127. The van der Waals surface area contributed by atoms with Crippen molar-refractivity contribution in [1.82, 2.24) is 15.2 Å². The second-order valence-electron chi connectivity index (χ2n) is 4.28. The predicted molar refractivity (Wildman–Crippen MR) is 74.5 cm³/mol. The van der Waals surface area contributed by atoms with E-state index in [9.17, 15) is 9.59 Å². The molecule has 2 heterocycles. The molecular formula is C11H15N3O3S2. The van der Waals surface area contributed by atoms with E-state index < -0.39 is 12.0 Å². The number of carboxylic acids is 1. The smallest absolute Gasteiger partial charge is 0.327 e. The van der Waals surface area contributed by atoms with Gasteiger partial charge in [-0.05, 0) is 0 Å². The Bertz CT molecular complexity index is 452. The van der Waals surface area contributed by atoms with Gasteiger partial charge in [-0.15, -0.1) is 23.1 Å². The van der Waals surface area contributed by atoms with Crippen molar-refractivity contribution in [1.29, 1.82) is 0 Å². The molecule has 104 valence electrons. The molecule has 0 aromatic carbocycles. The lowest BCUT2D eigenvalue weighted by Crippen LogP contribution is -2.47. The van der Waals surface area contributed by atoms with Gasteiger partial charge < -0.3 is 15.3 Å². The van der Waals surface area contributed by atoms with E-state index >= 15 is 0 Å². The normalized spacial score (nSPS) is 20.3. The zero-order valence-corrected chi connectivity index (χ0v) is 12.0. The third-order valence-corrected chi connectivity index (χ3v) is 4.88. The maximum absolute atomic E-state index is 12.0. The fourth-order valence-corrected chi connectivity index (χ4v) is 3.60. The maximum Gasteiger partial charge on any atom is 0.327 e. The van der Waals surface area contributed by atoms with Gasteiger partial charge in [0.2, 0.25) is 0 Å². The van der Waals surface area contributed by atoms with Crippen molar-refractivity contribution in [3.8, 4) is 0 Å². The van der Waals surface area contributed by atoms with Crippen LogP contribution in [0.3, 0.4) is 0 Å². The number of carboxylic acid groups (broad SMARTS) is 1. The standard InChI is InChI=1S/C11H15N3O3S2/c1-7(9-12-2-3-19-9)4-13-11(17)14-6-18-5-8(14)10(15)16/h2-3,7-8H,4-6H2,1H3,(H,13,17)(H,15,16). The molecule has 1 aliphatic rings. The quantitative estimate of drug-likeness (QED) is 0.879. The molecule has 2 unspecified atom stereocenters. The summed E-state index contributed by atoms with van der Waals surface area (Å²) in [7, 11) is 0. The van der Waals surface area contributed by atoms with Gasteiger partial charge in [0.15, 0.2) is 0 Å². The van der Waals surface area contributed by atoms with Crippen LogP contribution in [-0.2, 0) is 4.79 Å².